The highest BCUT2D eigenvalue weighted by molar-refractivity contribution is 5.36. The highest BCUT2D eigenvalue weighted by Gasteiger charge is 2.04. The van der Waals surface area contributed by atoms with Gasteiger partial charge in [0.1, 0.15) is 12.4 Å². The molecule has 5 nitrogen and oxygen atoms in total. The van der Waals surface area contributed by atoms with E-state index in [0.29, 0.717) is 12.4 Å². The Morgan fingerprint density at radius 2 is 1.94 bits per heavy atom. The van der Waals surface area contributed by atoms with Gasteiger partial charge in [-0.15, -0.1) is 0 Å². The summed E-state index contributed by atoms with van der Waals surface area (Å²) in [5, 5.41) is 10.4. The third kappa shape index (κ3) is 3.01. The molecule has 2 rings (SSSR count). The molecule has 0 atom stereocenters. The molecule has 5 heteroatoms. The maximum Gasteiger partial charge on any atom is 0.269 e. The molecule has 1 aromatic carbocycles. The van der Waals surface area contributed by atoms with Crippen LogP contribution in [0.5, 0.6) is 5.75 Å². The number of nitro groups is 1. The minimum Gasteiger partial charge on any atom is -0.487 e. The summed E-state index contributed by atoms with van der Waals surface area (Å²) in [4.78, 5) is 14.1. The Bertz CT molecular complexity index is 497. The molecule has 0 amide bonds. The second-order valence-corrected chi connectivity index (χ2v) is 3.36. The molecule has 0 aliphatic carbocycles. The second kappa shape index (κ2) is 5.07. The molecule has 0 aliphatic rings. The monoisotopic (exact) mass is 230 g/mol. The lowest BCUT2D eigenvalue weighted by Crippen LogP contribution is -1.97. The lowest BCUT2D eigenvalue weighted by Gasteiger charge is -2.04. The van der Waals surface area contributed by atoms with E-state index in [1.807, 2.05) is 18.2 Å². The van der Waals surface area contributed by atoms with Gasteiger partial charge in [-0.2, -0.15) is 0 Å². The third-order valence-electron chi connectivity index (χ3n) is 2.16. The molecular weight excluding hydrogens is 220 g/mol. The summed E-state index contributed by atoms with van der Waals surface area (Å²) in [5.74, 6) is 0.584. The molecule has 0 bridgehead atoms. The Morgan fingerprint density at radius 3 is 2.53 bits per heavy atom. The van der Waals surface area contributed by atoms with Crippen molar-refractivity contribution in [2.75, 3.05) is 0 Å². The first kappa shape index (κ1) is 11.1. The van der Waals surface area contributed by atoms with Gasteiger partial charge in [0.05, 0.1) is 10.6 Å². The zero-order chi connectivity index (χ0) is 12.1. The maximum absolute atomic E-state index is 10.4. The quantitative estimate of drug-likeness (QED) is 0.598. The number of nitrogens with zero attached hydrogens (tertiary/aromatic N) is 2. The predicted octanol–water partition coefficient (Wildman–Crippen LogP) is 2.57. The first-order valence-electron chi connectivity index (χ1n) is 5.03. The van der Waals surface area contributed by atoms with Gasteiger partial charge in [0.25, 0.3) is 5.69 Å². The van der Waals surface area contributed by atoms with E-state index >= 15 is 0 Å². The largest absolute Gasteiger partial charge is 0.487 e. The Morgan fingerprint density at radius 1 is 1.18 bits per heavy atom. The van der Waals surface area contributed by atoms with Crippen molar-refractivity contribution in [1.29, 1.82) is 0 Å². The first-order valence-corrected chi connectivity index (χ1v) is 5.03. The van der Waals surface area contributed by atoms with E-state index in [2.05, 4.69) is 4.98 Å². The molecule has 0 radical (unpaired) electrons. The molecule has 0 saturated heterocycles. The SMILES string of the molecule is O=[N+]([O-])c1ccc(OCc2ccccn2)cc1. The Labute approximate surface area is 97.8 Å². The van der Waals surface area contributed by atoms with E-state index in [4.69, 9.17) is 4.74 Å². The molecular formula is C12H10N2O3. The second-order valence-electron chi connectivity index (χ2n) is 3.36. The van der Waals surface area contributed by atoms with E-state index in [1.54, 1.807) is 18.3 Å². The first-order chi connectivity index (χ1) is 8.25. The zero-order valence-corrected chi connectivity index (χ0v) is 8.95. The van der Waals surface area contributed by atoms with Crippen LogP contribution in [0.2, 0.25) is 0 Å². The van der Waals surface area contributed by atoms with Gasteiger partial charge in [-0.1, -0.05) is 6.07 Å². The van der Waals surface area contributed by atoms with Gasteiger partial charge in [0.15, 0.2) is 0 Å². The minimum absolute atomic E-state index is 0.0511. The molecule has 2 aromatic rings. The third-order valence-corrected chi connectivity index (χ3v) is 2.16. The number of ether oxygens (including phenoxy) is 1. The van der Waals surface area contributed by atoms with Crippen molar-refractivity contribution in [3.8, 4) is 5.75 Å². The van der Waals surface area contributed by atoms with Crippen LogP contribution in [-0.4, -0.2) is 9.91 Å². The summed E-state index contributed by atoms with van der Waals surface area (Å²) in [6.07, 6.45) is 1.69. The molecule has 17 heavy (non-hydrogen) atoms. The number of non-ortho nitro benzene ring substituents is 1. The lowest BCUT2D eigenvalue weighted by molar-refractivity contribution is -0.384. The average Bonchev–Trinajstić information content (AvgIpc) is 2.38. The van der Waals surface area contributed by atoms with Crippen molar-refractivity contribution < 1.29 is 9.66 Å². The number of hydrogen-bond donors (Lipinski definition) is 0. The van der Waals surface area contributed by atoms with Crippen LogP contribution in [0.4, 0.5) is 5.69 Å². The van der Waals surface area contributed by atoms with Gasteiger partial charge in [0.2, 0.25) is 0 Å². The van der Waals surface area contributed by atoms with Crippen molar-refractivity contribution in [3.63, 3.8) is 0 Å². The van der Waals surface area contributed by atoms with Gasteiger partial charge >= 0.3 is 0 Å². The predicted molar refractivity (Wildman–Crippen MR) is 61.7 cm³/mol. The fourth-order valence-corrected chi connectivity index (χ4v) is 1.30. The number of rotatable bonds is 4. The van der Waals surface area contributed by atoms with Gasteiger partial charge < -0.3 is 4.74 Å². The molecule has 86 valence electrons. The minimum atomic E-state index is -0.442. The fourth-order valence-electron chi connectivity index (χ4n) is 1.30. The van der Waals surface area contributed by atoms with Crippen molar-refractivity contribution in [1.82, 2.24) is 4.98 Å². The molecule has 0 saturated carbocycles. The fraction of sp³-hybridized carbons (Fsp3) is 0.0833. The van der Waals surface area contributed by atoms with Crippen LogP contribution in [0.15, 0.2) is 48.7 Å². The van der Waals surface area contributed by atoms with E-state index < -0.39 is 4.92 Å². The van der Waals surface area contributed by atoms with Gasteiger partial charge in [-0.05, 0) is 24.3 Å². The highest BCUT2D eigenvalue weighted by Crippen LogP contribution is 2.17. The summed E-state index contributed by atoms with van der Waals surface area (Å²) in [6, 6.07) is 11.5. The number of nitro benzene ring substituents is 1. The smallest absolute Gasteiger partial charge is 0.269 e. The van der Waals surface area contributed by atoms with Crippen LogP contribution < -0.4 is 4.74 Å². The lowest BCUT2D eigenvalue weighted by atomic mass is 10.3. The molecule has 1 aromatic heterocycles. The van der Waals surface area contributed by atoms with Gasteiger partial charge in [-0.3, -0.25) is 15.1 Å². The van der Waals surface area contributed by atoms with Crippen LogP contribution >= 0.6 is 0 Å². The molecule has 0 spiro atoms. The summed E-state index contributed by atoms with van der Waals surface area (Å²) < 4.78 is 5.44. The van der Waals surface area contributed by atoms with Crippen molar-refractivity contribution in [3.05, 3.63) is 64.5 Å². The molecule has 0 fully saturated rings. The van der Waals surface area contributed by atoms with Crippen molar-refractivity contribution in [2.24, 2.45) is 0 Å². The van der Waals surface area contributed by atoms with Crippen LogP contribution in [0.3, 0.4) is 0 Å². The van der Waals surface area contributed by atoms with Gasteiger partial charge in [0, 0.05) is 18.3 Å². The Balaban J connectivity index is 1.98. The number of aromatic nitrogens is 1. The van der Waals surface area contributed by atoms with E-state index in [1.165, 1.54) is 12.1 Å². The number of benzene rings is 1. The standard InChI is InChI=1S/C12H10N2O3/c15-14(16)11-4-6-12(7-5-11)17-9-10-3-1-2-8-13-10/h1-8H,9H2. The van der Waals surface area contributed by atoms with Crippen molar-refractivity contribution in [2.45, 2.75) is 6.61 Å². The average molecular weight is 230 g/mol. The normalized spacial score (nSPS) is 9.88. The number of pyridine rings is 1. The number of hydrogen-bond acceptors (Lipinski definition) is 4. The van der Waals surface area contributed by atoms with Crippen LogP contribution in [-0.2, 0) is 6.61 Å². The van der Waals surface area contributed by atoms with Gasteiger partial charge in [-0.25, -0.2) is 0 Å². The highest BCUT2D eigenvalue weighted by atomic mass is 16.6. The summed E-state index contributed by atoms with van der Waals surface area (Å²) >= 11 is 0. The molecule has 0 unspecified atom stereocenters. The topological polar surface area (TPSA) is 65.3 Å². The van der Waals surface area contributed by atoms with E-state index in [9.17, 15) is 10.1 Å². The summed E-state index contributed by atoms with van der Waals surface area (Å²) in [7, 11) is 0. The van der Waals surface area contributed by atoms with Crippen molar-refractivity contribution >= 4 is 5.69 Å². The molecule has 1 heterocycles. The van der Waals surface area contributed by atoms with Crippen LogP contribution in [0.25, 0.3) is 0 Å². The maximum atomic E-state index is 10.4. The van der Waals surface area contributed by atoms with E-state index in [-0.39, 0.29) is 5.69 Å². The Hall–Kier alpha value is -2.43. The molecule has 0 aliphatic heterocycles. The molecule has 0 N–H and O–H groups in total. The summed E-state index contributed by atoms with van der Waals surface area (Å²) in [6.45, 7) is 0.346. The zero-order valence-electron chi connectivity index (χ0n) is 8.95. The van der Waals surface area contributed by atoms with E-state index in [0.717, 1.165) is 5.69 Å². The van der Waals surface area contributed by atoms with Crippen LogP contribution in [0.1, 0.15) is 5.69 Å². The Kier molecular flexibility index (Phi) is 3.30. The summed E-state index contributed by atoms with van der Waals surface area (Å²) in [5.41, 5.74) is 0.862. The van der Waals surface area contributed by atoms with Crippen LogP contribution in [0, 0.1) is 10.1 Å².